The van der Waals surface area contributed by atoms with Crippen LogP contribution in [0.2, 0.25) is 0 Å². The summed E-state index contributed by atoms with van der Waals surface area (Å²) in [6.45, 7) is 2.99. The van der Waals surface area contributed by atoms with Gasteiger partial charge in [0.2, 0.25) is 0 Å². The van der Waals surface area contributed by atoms with Crippen LogP contribution in [-0.4, -0.2) is 44.7 Å². The molecule has 156 valence electrons. The zero-order valence-corrected chi connectivity index (χ0v) is 16.7. The zero-order chi connectivity index (χ0) is 21.4. The van der Waals surface area contributed by atoms with Crippen molar-refractivity contribution in [3.8, 4) is 11.5 Å². The first-order valence-corrected chi connectivity index (χ1v) is 8.88. The van der Waals surface area contributed by atoms with Gasteiger partial charge in [-0.3, -0.25) is 9.59 Å². The predicted molar refractivity (Wildman–Crippen MR) is 104 cm³/mol. The molecule has 0 saturated carbocycles. The molecular formula is C20H24N2O7. The summed E-state index contributed by atoms with van der Waals surface area (Å²) in [5, 5.41) is 5.15. The Morgan fingerprint density at radius 3 is 2.38 bits per heavy atom. The third-order valence-corrected chi connectivity index (χ3v) is 3.96. The number of furan rings is 1. The first kappa shape index (κ1) is 21.8. The van der Waals surface area contributed by atoms with Crippen molar-refractivity contribution in [1.29, 1.82) is 0 Å². The monoisotopic (exact) mass is 404 g/mol. The van der Waals surface area contributed by atoms with E-state index in [1.807, 2.05) is 0 Å². The Morgan fingerprint density at radius 1 is 1.07 bits per heavy atom. The maximum absolute atomic E-state index is 12.3. The quantitative estimate of drug-likeness (QED) is 0.616. The maximum Gasteiger partial charge on any atom is 0.329 e. The lowest BCUT2D eigenvalue weighted by Crippen LogP contribution is -2.45. The molecule has 0 saturated heterocycles. The minimum Gasteiger partial charge on any atom is -0.493 e. The van der Waals surface area contributed by atoms with E-state index in [-0.39, 0.29) is 11.7 Å². The van der Waals surface area contributed by atoms with Crippen LogP contribution in [0, 0.1) is 5.92 Å². The fourth-order valence-electron chi connectivity index (χ4n) is 2.46. The summed E-state index contributed by atoms with van der Waals surface area (Å²) >= 11 is 0. The van der Waals surface area contributed by atoms with Crippen molar-refractivity contribution < 1.29 is 33.0 Å². The van der Waals surface area contributed by atoms with Crippen LogP contribution in [-0.2, 0) is 14.3 Å². The van der Waals surface area contributed by atoms with Crippen molar-refractivity contribution in [2.75, 3.05) is 26.1 Å². The normalized spacial score (nSPS) is 11.5. The smallest absolute Gasteiger partial charge is 0.329 e. The second-order valence-corrected chi connectivity index (χ2v) is 6.40. The van der Waals surface area contributed by atoms with Crippen molar-refractivity contribution in [2.24, 2.45) is 5.92 Å². The van der Waals surface area contributed by atoms with Crippen molar-refractivity contribution in [3.63, 3.8) is 0 Å². The van der Waals surface area contributed by atoms with Gasteiger partial charge in [0.25, 0.3) is 11.8 Å². The second-order valence-electron chi connectivity index (χ2n) is 6.40. The van der Waals surface area contributed by atoms with Gasteiger partial charge in [-0.1, -0.05) is 13.8 Å². The molecule has 0 aliphatic heterocycles. The van der Waals surface area contributed by atoms with Gasteiger partial charge >= 0.3 is 5.97 Å². The second kappa shape index (κ2) is 10.2. The highest BCUT2D eigenvalue weighted by Gasteiger charge is 2.27. The highest BCUT2D eigenvalue weighted by Crippen LogP contribution is 2.29. The average Bonchev–Trinajstić information content (AvgIpc) is 3.24. The van der Waals surface area contributed by atoms with Crippen LogP contribution in [0.5, 0.6) is 11.5 Å². The van der Waals surface area contributed by atoms with Crippen molar-refractivity contribution in [2.45, 2.75) is 19.9 Å². The average molecular weight is 404 g/mol. The molecule has 2 amide bonds. The third-order valence-electron chi connectivity index (χ3n) is 3.96. The van der Waals surface area contributed by atoms with Crippen LogP contribution in [0.4, 0.5) is 5.69 Å². The largest absolute Gasteiger partial charge is 0.493 e. The van der Waals surface area contributed by atoms with Crippen molar-refractivity contribution in [3.05, 3.63) is 42.4 Å². The molecule has 1 heterocycles. The Kier molecular flexibility index (Phi) is 7.64. The molecule has 0 spiro atoms. The lowest BCUT2D eigenvalue weighted by molar-refractivity contribution is -0.150. The lowest BCUT2D eigenvalue weighted by Gasteiger charge is -2.20. The topological polar surface area (TPSA) is 116 Å². The number of carbonyl (C=O) groups excluding carboxylic acids is 3. The Balaban J connectivity index is 1.92. The fraction of sp³-hybridized carbons (Fsp3) is 0.350. The summed E-state index contributed by atoms with van der Waals surface area (Å²) in [6.07, 6.45) is 1.36. The van der Waals surface area contributed by atoms with E-state index in [0.29, 0.717) is 17.2 Å². The Morgan fingerprint density at radius 2 is 1.79 bits per heavy atom. The number of nitrogens with one attached hydrogen (secondary N) is 2. The van der Waals surface area contributed by atoms with Crippen LogP contribution in [0.3, 0.4) is 0 Å². The molecular weight excluding hydrogens is 380 g/mol. The van der Waals surface area contributed by atoms with E-state index in [1.165, 1.54) is 26.5 Å². The van der Waals surface area contributed by atoms with Crippen LogP contribution in [0.1, 0.15) is 24.4 Å². The van der Waals surface area contributed by atoms with Gasteiger partial charge in [-0.05, 0) is 30.2 Å². The SMILES string of the molecule is COc1ccc(NC(=O)COC(=O)[C@@H](NC(=O)c2ccco2)C(C)C)cc1OC. The minimum atomic E-state index is -0.929. The summed E-state index contributed by atoms with van der Waals surface area (Å²) in [5.41, 5.74) is 0.454. The van der Waals surface area contributed by atoms with E-state index < -0.39 is 30.4 Å². The third kappa shape index (κ3) is 6.00. The number of hydrogen-bond donors (Lipinski definition) is 2. The van der Waals surface area contributed by atoms with Crippen LogP contribution >= 0.6 is 0 Å². The van der Waals surface area contributed by atoms with Gasteiger partial charge in [-0.25, -0.2) is 4.79 Å². The number of anilines is 1. The van der Waals surface area contributed by atoms with Gasteiger partial charge in [0.1, 0.15) is 6.04 Å². The molecule has 2 N–H and O–H groups in total. The van der Waals surface area contributed by atoms with Crippen LogP contribution in [0.25, 0.3) is 0 Å². The first-order valence-electron chi connectivity index (χ1n) is 8.88. The minimum absolute atomic E-state index is 0.0784. The molecule has 0 fully saturated rings. The molecule has 29 heavy (non-hydrogen) atoms. The summed E-state index contributed by atoms with van der Waals surface area (Å²) in [5.74, 6) is -1.01. The summed E-state index contributed by atoms with van der Waals surface area (Å²) in [4.78, 5) is 36.6. The Labute approximate surface area is 168 Å². The van der Waals surface area contributed by atoms with Gasteiger partial charge in [0.05, 0.1) is 20.5 Å². The molecule has 1 atom stereocenters. The molecule has 0 radical (unpaired) electrons. The van der Waals surface area contributed by atoms with E-state index in [4.69, 9.17) is 18.6 Å². The molecule has 9 heteroatoms. The van der Waals surface area contributed by atoms with E-state index in [0.717, 1.165) is 0 Å². The highest BCUT2D eigenvalue weighted by molar-refractivity contribution is 5.96. The molecule has 1 aromatic heterocycles. The standard InChI is InChI=1S/C20H24N2O7/c1-12(2)18(22-19(24)15-6-5-9-28-15)20(25)29-11-17(23)21-13-7-8-14(26-3)16(10-13)27-4/h5-10,12,18H,11H2,1-4H3,(H,21,23)(H,22,24)/t18-/m0/s1. The van der Waals surface area contributed by atoms with Gasteiger partial charge in [-0.2, -0.15) is 0 Å². The molecule has 1 aromatic carbocycles. The highest BCUT2D eigenvalue weighted by atomic mass is 16.5. The summed E-state index contributed by atoms with van der Waals surface area (Å²) in [7, 11) is 2.99. The van der Waals surface area contributed by atoms with E-state index >= 15 is 0 Å². The molecule has 2 rings (SSSR count). The number of ether oxygens (including phenoxy) is 3. The van der Waals surface area contributed by atoms with Crippen molar-refractivity contribution >= 4 is 23.5 Å². The number of rotatable bonds is 9. The Hall–Kier alpha value is -3.49. The summed E-state index contributed by atoms with van der Waals surface area (Å²) < 4.78 is 20.4. The Bertz CT molecular complexity index is 847. The van der Waals surface area contributed by atoms with E-state index in [1.54, 1.807) is 38.1 Å². The van der Waals surface area contributed by atoms with E-state index in [9.17, 15) is 14.4 Å². The number of esters is 1. The molecule has 0 bridgehead atoms. The molecule has 9 nitrogen and oxygen atoms in total. The lowest BCUT2D eigenvalue weighted by atomic mass is 10.0. The van der Waals surface area contributed by atoms with Crippen LogP contribution < -0.4 is 20.1 Å². The maximum atomic E-state index is 12.3. The first-order chi connectivity index (χ1) is 13.8. The number of benzene rings is 1. The summed E-state index contributed by atoms with van der Waals surface area (Å²) in [6, 6.07) is 6.96. The van der Waals surface area contributed by atoms with Gasteiger partial charge in [0.15, 0.2) is 23.9 Å². The molecule has 0 aliphatic carbocycles. The predicted octanol–water partition coefficient (Wildman–Crippen LogP) is 2.23. The van der Waals surface area contributed by atoms with Crippen LogP contribution in [0.15, 0.2) is 41.0 Å². The molecule has 0 aliphatic rings. The fourth-order valence-corrected chi connectivity index (χ4v) is 2.46. The molecule has 2 aromatic rings. The van der Waals surface area contributed by atoms with Crippen molar-refractivity contribution in [1.82, 2.24) is 5.32 Å². The van der Waals surface area contributed by atoms with Gasteiger partial charge in [0, 0.05) is 11.8 Å². The number of hydrogen-bond acceptors (Lipinski definition) is 7. The number of methoxy groups -OCH3 is 2. The molecule has 0 unspecified atom stereocenters. The number of carbonyl (C=O) groups is 3. The van der Waals surface area contributed by atoms with E-state index in [2.05, 4.69) is 10.6 Å². The van der Waals surface area contributed by atoms with Gasteiger partial charge in [-0.15, -0.1) is 0 Å². The van der Waals surface area contributed by atoms with Gasteiger partial charge < -0.3 is 29.3 Å². The zero-order valence-electron chi connectivity index (χ0n) is 16.7. The number of amides is 2.